The van der Waals surface area contributed by atoms with E-state index in [-0.39, 0.29) is 33.3 Å². The number of hydrogen-bond acceptors (Lipinski definition) is 5. The second-order valence-corrected chi connectivity index (χ2v) is 9.76. The van der Waals surface area contributed by atoms with E-state index in [1.54, 1.807) is 12.1 Å². The largest absolute Gasteiger partial charge is 0.619 e. The molecule has 0 radical (unpaired) electrons. The third kappa shape index (κ3) is 5.04. The Morgan fingerprint density at radius 3 is 2.29 bits per heavy atom. The van der Waals surface area contributed by atoms with Gasteiger partial charge in [-0.1, -0.05) is 37.6 Å². The van der Waals surface area contributed by atoms with E-state index in [4.69, 9.17) is 11.6 Å². The molecule has 0 bridgehead atoms. The summed E-state index contributed by atoms with van der Waals surface area (Å²) >= 11 is 6.03. The molecule has 0 saturated carbocycles. The molecule has 0 atom stereocenters. The topological polar surface area (TPSA) is 110 Å². The van der Waals surface area contributed by atoms with E-state index in [0.717, 1.165) is 5.56 Å². The molecule has 3 aromatic rings. The molecule has 2 N–H and O–H groups in total. The Kier molecular flexibility index (Phi) is 6.35. The number of halogens is 1. The van der Waals surface area contributed by atoms with Crippen molar-refractivity contribution in [2.24, 2.45) is 0 Å². The zero-order valence-corrected chi connectivity index (χ0v) is 18.4. The number of sulfonamides is 1. The van der Waals surface area contributed by atoms with Crippen LogP contribution in [0.1, 0.15) is 35.3 Å². The van der Waals surface area contributed by atoms with Gasteiger partial charge in [-0.25, -0.2) is 8.42 Å². The number of hydrogen-bond donors (Lipinski definition) is 2. The Morgan fingerprint density at radius 1 is 1.10 bits per heavy atom. The zero-order chi connectivity index (χ0) is 22.8. The maximum absolute atomic E-state index is 12.9. The number of pyridine rings is 1. The molecule has 9 heteroatoms. The van der Waals surface area contributed by atoms with Gasteiger partial charge in [-0.15, -0.1) is 0 Å². The first-order valence-corrected chi connectivity index (χ1v) is 11.2. The molecule has 2 aromatic carbocycles. The van der Waals surface area contributed by atoms with Crippen LogP contribution >= 0.6 is 11.6 Å². The molecule has 0 spiro atoms. The van der Waals surface area contributed by atoms with Crippen molar-refractivity contribution in [3.05, 3.63) is 93.9 Å². The molecule has 31 heavy (non-hydrogen) atoms. The highest BCUT2D eigenvalue weighted by Gasteiger charge is 2.23. The molecule has 0 amide bonds. The Hall–Kier alpha value is -2.94. The van der Waals surface area contributed by atoms with Crippen molar-refractivity contribution in [2.75, 3.05) is 11.3 Å². The van der Waals surface area contributed by atoms with Gasteiger partial charge in [0.05, 0.1) is 17.2 Å². The minimum Gasteiger partial charge on any atom is -0.619 e. The van der Waals surface area contributed by atoms with E-state index in [1.165, 1.54) is 54.9 Å². The summed E-state index contributed by atoms with van der Waals surface area (Å²) in [7, 11) is -4.00. The first-order chi connectivity index (χ1) is 14.5. The third-order valence-electron chi connectivity index (χ3n) is 4.88. The number of benzene rings is 2. The van der Waals surface area contributed by atoms with Gasteiger partial charge in [-0.05, 0) is 35.9 Å². The van der Waals surface area contributed by atoms with Crippen molar-refractivity contribution in [3.8, 4) is 0 Å². The van der Waals surface area contributed by atoms with Crippen LogP contribution in [0, 0.1) is 5.21 Å². The number of carbonyl (C=O) groups is 1. The normalized spacial score (nSPS) is 11.9. The molecule has 1 aromatic heterocycles. The number of carbonyl (C=O) groups excluding carboxylic acids is 1. The van der Waals surface area contributed by atoms with Gasteiger partial charge in [-0.2, -0.15) is 4.73 Å². The van der Waals surface area contributed by atoms with Gasteiger partial charge in [-0.3, -0.25) is 9.52 Å². The Morgan fingerprint density at radius 2 is 1.71 bits per heavy atom. The monoisotopic (exact) mass is 460 g/mol. The van der Waals surface area contributed by atoms with Gasteiger partial charge < -0.3 is 10.3 Å². The van der Waals surface area contributed by atoms with Gasteiger partial charge >= 0.3 is 0 Å². The van der Waals surface area contributed by atoms with E-state index in [1.807, 2.05) is 13.8 Å². The molecule has 0 aliphatic heterocycles. The standard InChI is InChI=1S/C22H21ClN2O5S/c1-22(2,14-26)16-3-6-18(7-4-16)31(29,30)24-20-8-5-17(23)13-19(20)21(27)15-9-11-25(28)12-10-15/h3-13,24,26H,14H2,1-2H3. The van der Waals surface area contributed by atoms with Gasteiger partial charge in [0, 0.05) is 33.7 Å². The molecule has 0 fully saturated rings. The van der Waals surface area contributed by atoms with Gasteiger partial charge in [0.2, 0.25) is 0 Å². The Labute approximate surface area is 185 Å². The summed E-state index contributed by atoms with van der Waals surface area (Å²) < 4.78 is 28.8. The maximum Gasteiger partial charge on any atom is 0.261 e. The lowest BCUT2D eigenvalue weighted by molar-refractivity contribution is -0.605. The lowest BCUT2D eigenvalue weighted by Gasteiger charge is -2.22. The van der Waals surface area contributed by atoms with Crippen molar-refractivity contribution >= 4 is 33.1 Å². The second kappa shape index (κ2) is 8.66. The summed E-state index contributed by atoms with van der Waals surface area (Å²) in [6.07, 6.45) is 2.36. The molecular formula is C22H21ClN2O5S. The van der Waals surface area contributed by atoms with Crippen LogP contribution in [0.15, 0.2) is 71.9 Å². The fourth-order valence-electron chi connectivity index (χ4n) is 2.89. The van der Waals surface area contributed by atoms with Crippen molar-refractivity contribution in [1.82, 2.24) is 0 Å². The highest BCUT2D eigenvalue weighted by molar-refractivity contribution is 7.92. The van der Waals surface area contributed by atoms with Crippen LogP contribution in [-0.4, -0.2) is 25.9 Å². The van der Waals surface area contributed by atoms with Crippen LogP contribution in [0.25, 0.3) is 0 Å². The lowest BCUT2D eigenvalue weighted by Crippen LogP contribution is -2.24. The number of rotatable bonds is 7. The number of nitrogens with zero attached hydrogens (tertiary/aromatic N) is 1. The van der Waals surface area contributed by atoms with Crippen LogP contribution in [0.2, 0.25) is 5.02 Å². The molecule has 0 saturated heterocycles. The fraction of sp³-hybridized carbons (Fsp3) is 0.182. The summed E-state index contributed by atoms with van der Waals surface area (Å²) in [6, 6.07) is 13.1. The van der Waals surface area contributed by atoms with Crippen LogP contribution in [-0.2, 0) is 15.4 Å². The molecule has 0 aliphatic carbocycles. The first kappa shape index (κ1) is 22.7. The number of aliphatic hydroxyl groups excluding tert-OH is 1. The number of nitrogens with one attached hydrogen (secondary N) is 1. The van der Waals surface area contributed by atoms with Crippen LogP contribution < -0.4 is 9.45 Å². The zero-order valence-electron chi connectivity index (χ0n) is 16.9. The van der Waals surface area contributed by atoms with Gasteiger partial charge in [0.15, 0.2) is 18.2 Å². The Bertz CT molecular complexity index is 1210. The van der Waals surface area contributed by atoms with E-state index in [0.29, 0.717) is 4.73 Å². The van der Waals surface area contributed by atoms with Crippen molar-refractivity contribution in [3.63, 3.8) is 0 Å². The van der Waals surface area contributed by atoms with Gasteiger partial charge in [0.25, 0.3) is 10.0 Å². The first-order valence-electron chi connectivity index (χ1n) is 9.31. The van der Waals surface area contributed by atoms with E-state index in [2.05, 4.69) is 4.72 Å². The van der Waals surface area contributed by atoms with Crippen LogP contribution in [0.4, 0.5) is 5.69 Å². The smallest absolute Gasteiger partial charge is 0.261 e. The summed E-state index contributed by atoms with van der Waals surface area (Å²) in [5, 5.41) is 21.0. The van der Waals surface area contributed by atoms with Crippen LogP contribution in [0.5, 0.6) is 0 Å². The molecular weight excluding hydrogens is 440 g/mol. The number of anilines is 1. The number of aromatic nitrogens is 1. The minimum absolute atomic E-state index is 0.00504. The van der Waals surface area contributed by atoms with Crippen LogP contribution in [0.3, 0.4) is 0 Å². The molecule has 0 aliphatic rings. The summed E-state index contributed by atoms with van der Waals surface area (Å²) in [5.74, 6) is -0.485. The highest BCUT2D eigenvalue weighted by Crippen LogP contribution is 2.28. The number of ketones is 1. The second-order valence-electron chi connectivity index (χ2n) is 7.64. The molecule has 162 valence electrons. The van der Waals surface area contributed by atoms with E-state index >= 15 is 0 Å². The average molecular weight is 461 g/mol. The van der Waals surface area contributed by atoms with Gasteiger partial charge in [0.1, 0.15) is 0 Å². The minimum atomic E-state index is -4.00. The predicted molar refractivity (Wildman–Crippen MR) is 118 cm³/mol. The van der Waals surface area contributed by atoms with Crippen molar-refractivity contribution in [1.29, 1.82) is 0 Å². The quantitative estimate of drug-likeness (QED) is 0.319. The fourth-order valence-corrected chi connectivity index (χ4v) is 4.15. The molecule has 3 rings (SSSR count). The number of aliphatic hydroxyl groups is 1. The van der Waals surface area contributed by atoms with E-state index < -0.39 is 21.2 Å². The molecule has 0 unspecified atom stereocenters. The average Bonchev–Trinajstić information content (AvgIpc) is 2.75. The lowest BCUT2D eigenvalue weighted by atomic mass is 9.86. The molecule has 1 heterocycles. The summed E-state index contributed by atoms with van der Waals surface area (Å²) in [5.41, 5.74) is 0.607. The molecule has 7 nitrogen and oxygen atoms in total. The third-order valence-corrected chi connectivity index (χ3v) is 6.49. The van der Waals surface area contributed by atoms with E-state index in [9.17, 15) is 23.5 Å². The SMILES string of the molecule is CC(C)(CO)c1ccc(S(=O)(=O)Nc2ccc(Cl)cc2C(=O)c2cc[n+]([O-])cc2)cc1. The summed E-state index contributed by atoms with van der Waals surface area (Å²) in [4.78, 5) is 12.9. The van der Waals surface area contributed by atoms with Crippen molar-refractivity contribution in [2.45, 2.75) is 24.2 Å². The maximum atomic E-state index is 12.9. The predicted octanol–water partition coefficient (Wildman–Crippen LogP) is 3.28. The van der Waals surface area contributed by atoms with Crippen molar-refractivity contribution < 1.29 is 23.0 Å². The Balaban J connectivity index is 1.95. The highest BCUT2D eigenvalue weighted by atomic mass is 35.5. The summed E-state index contributed by atoms with van der Waals surface area (Å²) in [6.45, 7) is 3.61.